The van der Waals surface area contributed by atoms with E-state index < -0.39 is 0 Å². The Bertz CT molecular complexity index is 2780. The lowest BCUT2D eigenvalue weighted by Crippen LogP contribution is -2.15. The van der Waals surface area contributed by atoms with Crippen LogP contribution in [0.3, 0.4) is 0 Å². The predicted octanol–water partition coefficient (Wildman–Crippen LogP) is 14.4. The van der Waals surface area contributed by atoms with Crippen molar-refractivity contribution >= 4 is 39.0 Å². The van der Waals surface area contributed by atoms with Crippen molar-refractivity contribution in [1.29, 1.82) is 0 Å². The van der Waals surface area contributed by atoms with Gasteiger partial charge >= 0.3 is 0 Å². The molecule has 0 N–H and O–H groups in total. The molecule has 0 saturated heterocycles. The molecule has 1 heterocycles. The zero-order valence-electron chi connectivity index (χ0n) is 29.8. The molecule has 0 saturated carbocycles. The van der Waals surface area contributed by atoms with Gasteiger partial charge in [-0.05, 0) is 87.0 Å². The molecule has 0 aliphatic heterocycles. The lowest BCUT2D eigenvalue weighted by molar-refractivity contribution is 0.647. The van der Waals surface area contributed by atoms with Crippen molar-refractivity contribution in [3.05, 3.63) is 199 Å². The highest BCUT2D eigenvalue weighted by atomic mass is 16.3. The highest BCUT2D eigenvalue weighted by Crippen LogP contribution is 2.57. The Kier molecular flexibility index (Phi) is 7.19. The molecule has 0 spiro atoms. The van der Waals surface area contributed by atoms with E-state index in [-0.39, 0.29) is 5.41 Å². The highest BCUT2D eigenvalue weighted by Gasteiger charge is 2.39. The van der Waals surface area contributed by atoms with E-state index in [4.69, 9.17) is 4.42 Å². The summed E-state index contributed by atoms with van der Waals surface area (Å²) in [5.41, 5.74) is 17.3. The maximum atomic E-state index is 6.60. The van der Waals surface area contributed by atoms with Crippen LogP contribution in [0.1, 0.15) is 25.0 Å². The summed E-state index contributed by atoms with van der Waals surface area (Å²) in [6, 6.07) is 67.7. The fraction of sp³-hybridized carbons (Fsp3) is 0.0588. The largest absolute Gasteiger partial charge is 0.456 e. The van der Waals surface area contributed by atoms with Gasteiger partial charge in [0, 0.05) is 38.7 Å². The number of hydrogen-bond donors (Lipinski definition) is 0. The van der Waals surface area contributed by atoms with Crippen LogP contribution in [0, 0.1) is 0 Å². The van der Waals surface area contributed by atoms with E-state index in [1.807, 2.05) is 0 Å². The Morgan fingerprint density at radius 1 is 0.415 bits per heavy atom. The minimum Gasteiger partial charge on any atom is -0.456 e. The van der Waals surface area contributed by atoms with E-state index in [0.29, 0.717) is 0 Å². The van der Waals surface area contributed by atoms with Crippen molar-refractivity contribution in [2.45, 2.75) is 19.3 Å². The third-order valence-corrected chi connectivity index (χ3v) is 11.1. The van der Waals surface area contributed by atoms with Gasteiger partial charge in [-0.15, -0.1) is 0 Å². The number of rotatable bonds is 6. The van der Waals surface area contributed by atoms with Crippen LogP contribution in [-0.2, 0) is 5.41 Å². The van der Waals surface area contributed by atoms with E-state index in [2.05, 4.69) is 207 Å². The van der Waals surface area contributed by atoms with Crippen LogP contribution in [0.4, 0.5) is 17.1 Å². The van der Waals surface area contributed by atoms with Crippen LogP contribution >= 0.6 is 0 Å². The standard InChI is InChI=1S/C51H37NO/c1-51(2)43-31-30-39(32-42(43)49-44(51)33-47-50(41-23-13-15-25-46(41)53-47)48(49)37-20-10-5-11-21-37)52(38-28-26-35(27-29-38)34-16-6-3-7-17-34)45-24-14-12-22-40(45)36-18-8-4-9-19-36/h3-33H,1-2H3. The molecule has 0 atom stereocenters. The van der Waals surface area contributed by atoms with E-state index in [1.54, 1.807) is 0 Å². The van der Waals surface area contributed by atoms with E-state index in [1.165, 1.54) is 61.0 Å². The van der Waals surface area contributed by atoms with Crippen molar-refractivity contribution < 1.29 is 4.42 Å². The van der Waals surface area contributed by atoms with Gasteiger partial charge in [-0.1, -0.05) is 159 Å². The number of para-hydroxylation sites is 2. The molecular weight excluding hydrogens is 643 g/mol. The molecular formula is C51H37NO. The number of anilines is 3. The van der Waals surface area contributed by atoms with Gasteiger partial charge in [-0.25, -0.2) is 0 Å². The quantitative estimate of drug-likeness (QED) is 0.174. The summed E-state index contributed by atoms with van der Waals surface area (Å²) in [5, 5.41) is 2.31. The van der Waals surface area contributed by atoms with Crippen molar-refractivity contribution in [3.8, 4) is 44.5 Å². The second kappa shape index (κ2) is 12.3. The molecule has 1 aliphatic carbocycles. The monoisotopic (exact) mass is 679 g/mol. The topological polar surface area (TPSA) is 16.4 Å². The third kappa shape index (κ3) is 5.02. The van der Waals surface area contributed by atoms with Gasteiger partial charge < -0.3 is 9.32 Å². The summed E-state index contributed by atoms with van der Waals surface area (Å²) in [7, 11) is 0. The van der Waals surface area contributed by atoms with E-state index in [9.17, 15) is 0 Å². The Morgan fingerprint density at radius 3 is 1.74 bits per heavy atom. The Morgan fingerprint density at radius 2 is 1.00 bits per heavy atom. The van der Waals surface area contributed by atoms with Crippen LogP contribution in [0.2, 0.25) is 0 Å². The number of fused-ring (bicyclic) bond motifs is 6. The summed E-state index contributed by atoms with van der Waals surface area (Å²) < 4.78 is 6.60. The minimum atomic E-state index is -0.232. The molecule has 10 rings (SSSR count). The van der Waals surface area contributed by atoms with Gasteiger partial charge in [0.2, 0.25) is 0 Å². The number of furan rings is 1. The molecule has 8 aromatic carbocycles. The zero-order valence-corrected chi connectivity index (χ0v) is 29.8. The fourth-order valence-electron chi connectivity index (χ4n) is 8.51. The van der Waals surface area contributed by atoms with Crippen LogP contribution in [-0.4, -0.2) is 0 Å². The van der Waals surface area contributed by atoms with Gasteiger partial charge in [-0.3, -0.25) is 0 Å². The summed E-state index contributed by atoms with van der Waals surface area (Å²) in [4.78, 5) is 2.43. The molecule has 0 radical (unpaired) electrons. The predicted molar refractivity (Wildman–Crippen MR) is 222 cm³/mol. The maximum Gasteiger partial charge on any atom is 0.136 e. The van der Waals surface area contributed by atoms with Crippen LogP contribution in [0.15, 0.2) is 192 Å². The molecule has 0 bridgehead atoms. The first-order valence-electron chi connectivity index (χ1n) is 18.4. The summed E-state index contributed by atoms with van der Waals surface area (Å²) in [5.74, 6) is 0. The van der Waals surface area contributed by atoms with Crippen molar-refractivity contribution in [2.75, 3.05) is 4.90 Å². The van der Waals surface area contributed by atoms with Crippen molar-refractivity contribution in [3.63, 3.8) is 0 Å². The highest BCUT2D eigenvalue weighted by molar-refractivity contribution is 6.17. The molecule has 0 amide bonds. The molecule has 9 aromatic rings. The average Bonchev–Trinajstić information content (AvgIpc) is 3.70. The first-order valence-corrected chi connectivity index (χ1v) is 18.4. The molecule has 1 aliphatic rings. The normalized spacial score (nSPS) is 12.9. The lowest BCUT2D eigenvalue weighted by atomic mass is 9.81. The van der Waals surface area contributed by atoms with Gasteiger partial charge in [0.1, 0.15) is 11.2 Å². The molecule has 2 nitrogen and oxygen atoms in total. The fourth-order valence-corrected chi connectivity index (χ4v) is 8.51. The smallest absolute Gasteiger partial charge is 0.136 e. The Hall–Kier alpha value is -6.64. The Balaban J connectivity index is 1.24. The number of hydrogen-bond acceptors (Lipinski definition) is 2. The first kappa shape index (κ1) is 31.1. The zero-order chi connectivity index (χ0) is 35.5. The molecule has 2 heteroatoms. The second-order valence-electron chi connectivity index (χ2n) is 14.5. The van der Waals surface area contributed by atoms with E-state index >= 15 is 0 Å². The van der Waals surface area contributed by atoms with Crippen LogP contribution < -0.4 is 4.90 Å². The summed E-state index contributed by atoms with van der Waals surface area (Å²) in [6.45, 7) is 4.71. The van der Waals surface area contributed by atoms with Gasteiger partial charge in [-0.2, -0.15) is 0 Å². The molecule has 0 fully saturated rings. The summed E-state index contributed by atoms with van der Waals surface area (Å²) >= 11 is 0. The van der Waals surface area contributed by atoms with E-state index in [0.717, 1.165) is 33.6 Å². The summed E-state index contributed by atoms with van der Waals surface area (Å²) in [6.07, 6.45) is 0. The van der Waals surface area contributed by atoms with Crippen LogP contribution in [0.5, 0.6) is 0 Å². The molecule has 252 valence electrons. The number of benzene rings is 8. The lowest BCUT2D eigenvalue weighted by Gasteiger charge is -2.29. The molecule has 1 aromatic heterocycles. The van der Waals surface area contributed by atoms with Gasteiger partial charge in [0.15, 0.2) is 0 Å². The Labute approximate surface area is 310 Å². The second-order valence-corrected chi connectivity index (χ2v) is 14.5. The number of nitrogens with zero attached hydrogens (tertiary/aromatic N) is 1. The van der Waals surface area contributed by atoms with Gasteiger partial charge in [0.05, 0.1) is 5.69 Å². The van der Waals surface area contributed by atoms with Crippen LogP contribution in [0.25, 0.3) is 66.4 Å². The van der Waals surface area contributed by atoms with Crippen molar-refractivity contribution in [1.82, 2.24) is 0 Å². The molecule has 53 heavy (non-hydrogen) atoms. The van der Waals surface area contributed by atoms with Gasteiger partial charge in [0.25, 0.3) is 0 Å². The first-order chi connectivity index (χ1) is 26.1. The average molecular weight is 680 g/mol. The molecule has 0 unspecified atom stereocenters. The SMILES string of the molecule is CC1(C)c2ccc(N(c3ccc(-c4ccccc4)cc3)c3ccccc3-c3ccccc3)cc2-c2c1cc1oc3ccccc3c1c2-c1ccccc1. The van der Waals surface area contributed by atoms with Crippen molar-refractivity contribution in [2.24, 2.45) is 0 Å². The minimum absolute atomic E-state index is 0.232. The third-order valence-electron chi connectivity index (χ3n) is 11.1. The maximum absolute atomic E-state index is 6.60.